The largest absolute Gasteiger partial charge is 0.449 e. The monoisotopic (exact) mass is 463 g/mol. The van der Waals surface area contributed by atoms with Gasteiger partial charge in [-0.1, -0.05) is 48.5 Å². The number of hydrogen-bond donors (Lipinski definition) is 3. The van der Waals surface area contributed by atoms with Crippen molar-refractivity contribution in [1.29, 1.82) is 0 Å². The predicted molar refractivity (Wildman–Crippen MR) is 125 cm³/mol. The molecular weight excluding hydrogens is 437 g/mol. The Morgan fingerprint density at radius 1 is 1.00 bits per heavy atom. The van der Waals surface area contributed by atoms with Gasteiger partial charge in [0, 0.05) is 23.6 Å². The van der Waals surface area contributed by atoms with Gasteiger partial charge in [-0.05, 0) is 53.8 Å². The van der Waals surface area contributed by atoms with Gasteiger partial charge >= 0.3 is 6.09 Å². The van der Waals surface area contributed by atoms with Crippen LogP contribution in [0.25, 0.3) is 11.1 Å². The summed E-state index contributed by atoms with van der Waals surface area (Å²) in [6.07, 6.45) is -3.56. The Kier molecular flexibility index (Phi) is 7.05. The zero-order valence-electron chi connectivity index (χ0n) is 18.7. The number of aliphatic hydroxyl groups is 2. The first kappa shape index (κ1) is 23.6. The molecule has 6 nitrogen and oxygen atoms in total. The van der Waals surface area contributed by atoms with E-state index >= 15 is 0 Å². The number of benzene rings is 3. The first-order valence-electron chi connectivity index (χ1n) is 11.1. The van der Waals surface area contributed by atoms with Crippen molar-refractivity contribution in [1.82, 2.24) is 5.32 Å². The van der Waals surface area contributed by atoms with Crippen LogP contribution in [0.4, 0.5) is 9.18 Å². The van der Waals surface area contributed by atoms with Gasteiger partial charge in [0.2, 0.25) is 0 Å². The third kappa shape index (κ3) is 4.85. The molecule has 4 rings (SSSR count). The van der Waals surface area contributed by atoms with Crippen molar-refractivity contribution in [3.05, 3.63) is 94.8 Å². The molecule has 0 heterocycles. The van der Waals surface area contributed by atoms with Crippen molar-refractivity contribution >= 4 is 11.9 Å². The molecule has 34 heavy (non-hydrogen) atoms. The van der Waals surface area contributed by atoms with Crippen LogP contribution >= 0.6 is 0 Å². The zero-order valence-corrected chi connectivity index (χ0v) is 18.7. The minimum atomic E-state index is -1.54. The van der Waals surface area contributed by atoms with Crippen LogP contribution in [0.15, 0.2) is 66.7 Å². The molecule has 0 bridgehead atoms. The van der Waals surface area contributed by atoms with Gasteiger partial charge < -0.3 is 20.3 Å². The summed E-state index contributed by atoms with van der Waals surface area (Å²) < 4.78 is 19.5. The molecule has 3 N–H and O–H groups in total. The summed E-state index contributed by atoms with van der Waals surface area (Å²) in [7, 11) is 0. The molecule has 0 aliphatic heterocycles. The standard InChI is InChI=1S/C27H26FNO5/c1-16(30)17-10-11-24(28)22(14-17)26(32)25(31)12-13-29-27(33)34-15-23-20-8-4-2-6-18(20)19-7-3-5-9-21(19)23/h2-11,14,23,25-26,31-32H,12-13,15H2,1H3,(H,29,33). The Morgan fingerprint density at radius 3 is 2.24 bits per heavy atom. The lowest BCUT2D eigenvalue weighted by molar-refractivity contribution is 0.0116. The van der Waals surface area contributed by atoms with Crippen molar-refractivity contribution < 1.29 is 28.9 Å². The minimum Gasteiger partial charge on any atom is -0.449 e. The van der Waals surface area contributed by atoms with Gasteiger partial charge in [0.05, 0.1) is 6.10 Å². The van der Waals surface area contributed by atoms with Crippen molar-refractivity contribution in [2.45, 2.75) is 31.5 Å². The van der Waals surface area contributed by atoms with Crippen LogP contribution in [0.3, 0.4) is 0 Å². The van der Waals surface area contributed by atoms with E-state index in [-0.39, 0.29) is 42.4 Å². The second-order valence-corrected chi connectivity index (χ2v) is 8.35. The molecule has 7 heteroatoms. The van der Waals surface area contributed by atoms with Crippen LogP contribution in [-0.4, -0.2) is 41.3 Å². The highest BCUT2D eigenvalue weighted by molar-refractivity contribution is 5.94. The Morgan fingerprint density at radius 2 is 1.62 bits per heavy atom. The van der Waals surface area contributed by atoms with Gasteiger partial charge in [0.25, 0.3) is 0 Å². The first-order valence-corrected chi connectivity index (χ1v) is 11.1. The van der Waals surface area contributed by atoms with Crippen LogP contribution in [0.2, 0.25) is 0 Å². The predicted octanol–water partition coefficient (Wildman–Crippen LogP) is 4.35. The van der Waals surface area contributed by atoms with Crippen LogP contribution in [-0.2, 0) is 4.74 Å². The number of alkyl carbamates (subject to hydrolysis) is 1. The van der Waals surface area contributed by atoms with Crippen LogP contribution in [0.1, 0.15) is 52.4 Å². The average Bonchev–Trinajstić information content (AvgIpc) is 3.16. The third-order valence-corrected chi connectivity index (χ3v) is 6.14. The molecule has 0 aromatic heterocycles. The molecule has 1 amide bonds. The molecule has 0 spiro atoms. The van der Waals surface area contributed by atoms with E-state index in [1.807, 2.05) is 36.4 Å². The Bertz CT molecular complexity index is 1170. The van der Waals surface area contributed by atoms with Crippen molar-refractivity contribution in [2.75, 3.05) is 13.2 Å². The number of fused-ring (bicyclic) bond motifs is 3. The average molecular weight is 464 g/mol. The van der Waals surface area contributed by atoms with E-state index in [9.17, 15) is 24.2 Å². The molecule has 2 atom stereocenters. The number of nitrogens with one attached hydrogen (secondary N) is 1. The summed E-state index contributed by atoms with van der Waals surface area (Å²) in [5.41, 5.74) is 4.53. The Labute approximate surface area is 197 Å². The van der Waals surface area contributed by atoms with Gasteiger partial charge in [-0.25, -0.2) is 9.18 Å². The topological polar surface area (TPSA) is 95.9 Å². The molecule has 0 saturated heterocycles. The SMILES string of the molecule is CC(=O)c1ccc(F)c(C(O)C(O)CCNC(=O)OCC2c3ccccc3-c3ccccc32)c1. The molecule has 1 aliphatic carbocycles. The lowest BCUT2D eigenvalue weighted by atomic mass is 9.98. The van der Waals surface area contributed by atoms with E-state index in [4.69, 9.17) is 4.74 Å². The quantitative estimate of drug-likeness (QED) is 0.432. The van der Waals surface area contributed by atoms with Crippen LogP contribution in [0.5, 0.6) is 0 Å². The fourth-order valence-electron chi connectivity index (χ4n) is 4.33. The fraction of sp³-hybridized carbons (Fsp3) is 0.259. The number of halogens is 1. The molecule has 176 valence electrons. The summed E-state index contributed by atoms with van der Waals surface area (Å²) in [6, 6.07) is 19.7. The van der Waals surface area contributed by atoms with E-state index in [2.05, 4.69) is 17.4 Å². The van der Waals surface area contributed by atoms with Crippen molar-refractivity contribution in [3.63, 3.8) is 0 Å². The number of aliphatic hydroxyl groups excluding tert-OH is 2. The van der Waals surface area contributed by atoms with Crippen LogP contribution in [0, 0.1) is 5.82 Å². The molecule has 0 fully saturated rings. The molecule has 1 aliphatic rings. The van der Waals surface area contributed by atoms with Crippen molar-refractivity contribution in [3.8, 4) is 11.1 Å². The van der Waals surface area contributed by atoms with Gasteiger partial charge in [-0.3, -0.25) is 4.79 Å². The number of ketones is 1. The van der Waals surface area contributed by atoms with E-state index in [1.54, 1.807) is 0 Å². The number of Topliss-reactive ketones (excluding diaryl/α,β-unsaturated/α-hetero) is 1. The highest BCUT2D eigenvalue weighted by atomic mass is 19.1. The molecule has 3 aromatic rings. The van der Waals surface area contributed by atoms with E-state index in [0.29, 0.717) is 0 Å². The van der Waals surface area contributed by atoms with E-state index in [0.717, 1.165) is 28.3 Å². The summed E-state index contributed by atoms with van der Waals surface area (Å²) in [5, 5.41) is 23.2. The number of amides is 1. The maximum absolute atomic E-state index is 14.1. The maximum atomic E-state index is 14.1. The summed E-state index contributed by atoms with van der Waals surface area (Å²) in [5.74, 6) is -1.07. The molecule has 3 aromatic carbocycles. The minimum absolute atomic E-state index is 0.0168. The summed E-state index contributed by atoms with van der Waals surface area (Å²) in [4.78, 5) is 23.8. The first-order chi connectivity index (χ1) is 16.4. The fourth-order valence-corrected chi connectivity index (χ4v) is 4.33. The van der Waals surface area contributed by atoms with Gasteiger partial charge in [0.15, 0.2) is 5.78 Å². The lowest BCUT2D eigenvalue weighted by Crippen LogP contribution is -2.31. The lowest BCUT2D eigenvalue weighted by Gasteiger charge is -2.19. The highest BCUT2D eigenvalue weighted by Crippen LogP contribution is 2.44. The zero-order chi connectivity index (χ0) is 24.2. The molecular formula is C27H26FNO5. The smallest absolute Gasteiger partial charge is 0.407 e. The normalized spacial score (nSPS) is 14.1. The number of hydrogen-bond acceptors (Lipinski definition) is 5. The van der Waals surface area contributed by atoms with E-state index < -0.39 is 24.1 Å². The number of rotatable bonds is 8. The van der Waals surface area contributed by atoms with Gasteiger partial charge in [-0.15, -0.1) is 0 Å². The number of ether oxygens (including phenoxy) is 1. The second kappa shape index (κ2) is 10.2. The molecule has 0 saturated carbocycles. The molecule has 2 unspecified atom stereocenters. The van der Waals surface area contributed by atoms with Gasteiger partial charge in [0.1, 0.15) is 18.5 Å². The highest BCUT2D eigenvalue weighted by Gasteiger charge is 2.29. The Balaban J connectivity index is 1.30. The third-order valence-electron chi connectivity index (χ3n) is 6.14. The van der Waals surface area contributed by atoms with Crippen molar-refractivity contribution in [2.24, 2.45) is 0 Å². The Hall–Kier alpha value is -3.55. The summed E-state index contributed by atoms with van der Waals surface area (Å²) >= 11 is 0. The van der Waals surface area contributed by atoms with Gasteiger partial charge in [-0.2, -0.15) is 0 Å². The number of carbonyl (C=O) groups excluding carboxylic acids is 2. The number of carbonyl (C=O) groups is 2. The molecule has 0 radical (unpaired) electrons. The van der Waals surface area contributed by atoms with Crippen LogP contribution < -0.4 is 5.32 Å². The second-order valence-electron chi connectivity index (χ2n) is 8.35. The van der Waals surface area contributed by atoms with E-state index in [1.165, 1.54) is 19.1 Å². The summed E-state index contributed by atoms with van der Waals surface area (Å²) in [6.45, 7) is 1.51. The maximum Gasteiger partial charge on any atom is 0.407 e.